The van der Waals surface area contributed by atoms with Crippen molar-refractivity contribution in [2.75, 3.05) is 16.4 Å². The summed E-state index contributed by atoms with van der Waals surface area (Å²) in [5.74, 6) is -2.63. The number of thioether (sulfide) groups is 1. The standard InChI is InChI=1S/C21H19F2N5O3S/c1-3-17(29)24-15-6-4-11(2)8-13(15)19-20(31)26-21(28-27-19)32-10-18(30)25-16-7-5-12(22)9-14(16)23/h4-9H,3,10H2,1-2H3,(H,24,29)(H,25,30)(H,26,28,31). The molecule has 0 radical (unpaired) electrons. The highest BCUT2D eigenvalue weighted by atomic mass is 32.2. The van der Waals surface area contributed by atoms with Gasteiger partial charge in [0.1, 0.15) is 11.6 Å². The van der Waals surface area contributed by atoms with Crippen molar-refractivity contribution in [3.63, 3.8) is 0 Å². The Morgan fingerprint density at radius 3 is 2.44 bits per heavy atom. The van der Waals surface area contributed by atoms with Crippen molar-refractivity contribution in [2.45, 2.75) is 25.4 Å². The molecule has 0 atom stereocenters. The van der Waals surface area contributed by atoms with Crippen LogP contribution in [0.15, 0.2) is 46.3 Å². The first-order valence-electron chi connectivity index (χ1n) is 9.52. The number of aromatic amines is 1. The molecule has 0 saturated heterocycles. The van der Waals surface area contributed by atoms with Gasteiger partial charge in [0.15, 0.2) is 10.9 Å². The lowest BCUT2D eigenvalue weighted by atomic mass is 10.1. The van der Waals surface area contributed by atoms with Crippen LogP contribution < -0.4 is 16.2 Å². The van der Waals surface area contributed by atoms with Crippen molar-refractivity contribution in [2.24, 2.45) is 0 Å². The van der Waals surface area contributed by atoms with Crippen LogP contribution in [0.25, 0.3) is 11.3 Å². The van der Waals surface area contributed by atoms with Gasteiger partial charge in [0.25, 0.3) is 5.56 Å². The number of carbonyl (C=O) groups is 2. The normalized spacial score (nSPS) is 10.6. The predicted molar refractivity (Wildman–Crippen MR) is 117 cm³/mol. The molecule has 2 aromatic carbocycles. The second-order valence-corrected chi connectivity index (χ2v) is 7.68. The van der Waals surface area contributed by atoms with Crippen molar-refractivity contribution in [3.05, 3.63) is 63.9 Å². The van der Waals surface area contributed by atoms with Gasteiger partial charge in [0.2, 0.25) is 11.8 Å². The first-order chi connectivity index (χ1) is 15.3. The molecule has 0 fully saturated rings. The molecule has 1 heterocycles. The summed E-state index contributed by atoms with van der Waals surface area (Å²) in [5, 5.41) is 13.0. The Labute approximate surface area is 185 Å². The number of amides is 2. The van der Waals surface area contributed by atoms with E-state index in [9.17, 15) is 23.2 Å². The molecule has 166 valence electrons. The van der Waals surface area contributed by atoms with E-state index in [1.807, 2.05) is 6.92 Å². The van der Waals surface area contributed by atoms with E-state index in [-0.39, 0.29) is 34.6 Å². The summed E-state index contributed by atoms with van der Waals surface area (Å²) in [6, 6.07) is 7.98. The fourth-order valence-electron chi connectivity index (χ4n) is 2.68. The third-order valence-corrected chi connectivity index (χ3v) is 5.11. The number of aryl methyl sites for hydroxylation is 1. The van der Waals surface area contributed by atoms with E-state index in [2.05, 4.69) is 25.8 Å². The van der Waals surface area contributed by atoms with Crippen LogP contribution in [-0.4, -0.2) is 32.7 Å². The summed E-state index contributed by atoms with van der Waals surface area (Å²) in [4.78, 5) is 39.0. The van der Waals surface area contributed by atoms with E-state index in [1.54, 1.807) is 25.1 Å². The Hall–Kier alpha value is -3.60. The molecule has 8 nitrogen and oxygen atoms in total. The molecule has 0 spiro atoms. The number of halogens is 2. The third kappa shape index (κ3) is 5.76. The monoisotopic (exact) mass is 459 g/mol. The van der Waals surface area contributed by atoms with Gasteiger partial charge in [-0.05, 0) is 31.2 Å². The van der Waals surface area contributed by atoms with E-state index in [1.165, 1.54) is 0 Å². The third-order valence-electron chi connectivity index (χ3n) is 4.25. The van der Waals surface area contributed by atoms with Gasteiger partial charge in [0.05, 0.1) is 17.1 Å². The topological polar surface area (TPSA) is 117 Å². The van der Waals surface area contributed by atoms with Crippen LogP contribution in [-0.2, 0) is 9.59 Å². The van der Waals surface area contributed by atoms with E-state index in [0.717, 1.165) is 29.5 Å². The van der Waals surface area contributed by atoms with Gasteiger partial charge in [-0.15, -0.1) is 10.2 Å². The van der Waals surface area contributed by atoms with Gasteiger partial charge in [-0.1, -0.05) is 30.3 Å². The van der Waals surface area contributed by atoms with E-state index in [0.29, 0.717) is 17.3 Å². The smallest absolute Gasteiger partial charge is 0.278 e. The molecule has 3 rings (SSSR count). The first-order valence-corrected chi connectivity index (χ1v) is 10.5. The molecule has 32 heavy (non-hydrogen) atoms. The molecular weight excluding hydrogens is 440 g/mol. The molecular formula is C21H19F2N5O3S. The summed E-state index contributed by atoms with van der Waals surface area (Å²) in [6.45, 7) is 3.55. The molecule has 0 bridgehead atoms. The SMILES string of the molecule is CCC(=O)Nc1ccc(C)cc1-c1nnc(SCC(=O)Nc2ccc(F)cc2F)[nH]c1=O. The fourth-order valence-corrected chi connectivity index (χ4v) is 3.28. The van der Waals surface area contributed by atoms with Crippen LogP contribution >= 0.6 is 11.8 Å². The molecule has 0 aliphatic rings. The maximum absolute atomic E-state index is 13.6. The van der Waals surface area contributed by atoms with E-state index in [4.69, 9.17) is 0 Å². The van der Waals surface area contributed by atoms with Crippen LogP contribution in [0.4, 0.5) is 20.2 Å². The predicted octanol–water partition coefficient (Wildman–Crippen LogP) is 3.50. The Kier molecular flexibility index (Phi) is 7.31. The highest BCUT2D eigenvalue weighted by molar-refractivity contribution is 7.99. The maximum atomic E-state index is 13.6. The Balaban J connectivity index is 1.73. The van der Waals surface area contributed by atoms with Crippen LogP contribution in [0.5, 0.6) is 0 Å². The number of aromatic nitrogens is 3. The quantitative estimate of drug-likeness (QED) is 0.466. The minimum Gasteiger partial charge on any atom is -0.325 e. The molecule has 1 aromatic heterocycles. The van der Waals surface area contributed by atoms with Crippen molar-refractivity contribution < 1.29 is 18.4 Å². The summed E-state index contributed by atoms with van der Waals surface area (Å²) < 4.78 is 26.6. The summed E-state index contributed by atoms with van der Waals surface area (Å²) in [6.07, 6.45) is 0.273. The Morgan fingerprint density at radius 2 is 1.75 bits per heavy atom. The first kappa shape index (κ1) is 23.1. The van der Waals surface area contributed by atoms with Gasteiger partial charge in [0, 0.05) is 18.1 Å². The fraction of sp³-hybridized carbons (Fsp3) is 0.190. The largest absolute Gasteiger partial charge is 0.325 e. The molecule has 2 amide bonds. The lowest BCUT2D eigenvalue weighted by Gasteiger charge is -2.11. The number of hydrogen-bond donors (Lipinski definition) is 3. The van der Waals surface area contributed by atoms with Crippen LogP contribution in [0.2, 0.25) is 0 Å². The lowest BCUT2D eigenvalue weighted by Crippen LogP contribution is -2.18. The Bertz CT molecular complexity index is 1230. The number of H-pyrrole nitrogens is 1. The second kappa shape index (κ2) is 10.1. The number of hydrogen-bond acceptors (Lipinski definition) is 6. The minimum atomic E-state index is -0.898. The zero-order valence-electron chi connectivity index (χ0n) is 17.2. The molecule has 3 N–H and O–H groups in total. The highest BCUT2D eigenvalue weighted by Crippen LogP contribution is 2.26. The molecule has 0 aliphatic carbocycles. The van der Waals surface area contributed by atoms with Crippen LogP contribution in [0.1, 0.15) is 18.9 Å². The van der Waals surface area contributed by atoms with Crippen LogP contribution in [0.3, 0.4) is 0 Å². The zero-order chi connectivity index (χ0) is 23.3. The van der Waals surface area contributed by atoms with Crippen molar-refractivity contribution >= 4 is 35.0 Å². The van der Waals surface area contributed by atoms with E-state index >= 15 is 0 Å². The number of nitrogens with zero attached hydrogens (tertiary/aromatic N) is 2. The van der Waals surface area contributed by atoms with E-state index < -0.39 is 23.1 Å². The number of anilines is 2. The molecule has 0 saturated carbocycles. The molecule has 3 aromatic rings. The highest BCUT2D eigenvalue weighted by Gasteiger charge is 2.15. The number of benzene rings is 2. The van der Waals surface area contributed by atoms with Gasteiger partial charge in [-0.25, -0.2) is 8.78 Å². The summed E-state index contributed by atoms with van der Waals surface area (Å²) >= 11 is 0.889. The molecule has 0 aliphatic heterocycles. The molecule has 0 unspecified atom stereocenters. The van der Waals surface area contributed by atoms with Gasteiger partial charge >= 0.3 is 0 Å². The maximum Gasteiger partial charge on any atom is 0.278 e. The summed E-state index contributed by atoms with van der Waals surface area (Å²) in [5.41, 5.74) is 1.02. The zero-order valence-corrected chi connectivity index (χ0v) is 18.0. The number of nitrogens with one attached hydrogen (secondary N) is 3. The second-order valence-electron chi connectivity index (χ2n) is 6.72. The number of rotatable bonds is 7. The minimum absolute atomic E-state index is 0.0160. The van der Waals surface area contributed by atoms with Crippen molar-refractivity contribution in [3.8, 4) is 11.3 Å². The van der Waals surface area contributed by atoms with Crippen molar-refractivity contribution in [1.82, 2.24) is 15.2 Å². The van der Waals surface area contributed by atoms with Gasteiger partial charge < -0.3 is 10.6 Å². The molecule has 11 heteroatoms. The summed E-state index contributed by atoms with van der Waals surface area (Å²) in [7, 11) is 0. The van der Waals surface area contributed by atoms with Gasteiger partial charge in [-0.2, -0.15) is 0 Å². The average Bonchev–Trinajstić information content (AvgIpc) is 2.75. The van der Waals surface area contributed by atoms with Crippen LogP contribution in [0, 0.1) is 18.6 Å². The lowest BCUT2D eigenvalue weighted by molar-refractivity contribution is -0.116. The average molecular weight is 459 g/mol. The number of carbonyl (C=O) groups excluding carboxylic acids is 2. The Morgan fingerprint density at radius 1 is 1.03 bits per heavy atom. The van der Waals surface area contributed by atoms with Crippen molar-refractivity contribution in [1.29, 1.82) is 0 Å². The van der Waals surface area contributed by atoms with Gasteiger partial charge in [-0.3, -0.25) is 19.4 Å².